The van der Waals surface area contributed by atoms with Gasteiger partial charge in [0.15, 0.2) is 0 Å². The molecule has 0 N–H and O–H groups in total. The second-order valence-electron chi connectivity index (χ2n) is 3.42. The summed E-state index contributed by atoms with van der Waals surface area (Å²) >= 11 is 1.97. The Kier molecular flexibility index (Phi) is 6.59. The molecule has 0 unspecified atom stereocenters. The van der Waals surface area contributed by atoms with Gasteiger partial charge in [-0.15, -0.1) is 11.8 Å². The van der Waals surface area contributed by atoms with Gasteiger partial charge in [0.25, 0.3) is 0 Å². The van der Waals surface area contributed by atoms with E-state index in [9.17, 15) is 0 Å². The van der Waals surface area contributed by atoms with Crippen LogP contribution in [-0.4, -0.2) is 5.75 Å². The molecule has 0 nitrogen and oxygen atoms in total. The van der Waals surface area contributed by atoms with Gasteiger partial charge in [0.2, 0.25) is 0 Å². The zero-order valence-electron chi connectivity index (χ0n) is 8.91. The number of hydrogen-bond acceptors (Lipinski definition) is 1. The van der Waals surface area contributed by atoms with Gasteiger partial charge >= 0.3 is 0 Å². The van der Waals surface area contributed by atoms with Crippen LogP contribution in [0.4, 0.5) is 0 Å². The minimum atomic E-state index is 1.26. The largest absolute Gasteiger partial charge is 0.126 e. The third-order valence-electron chi connectivity index (χ3n) is 2.15. The summed E-state index contributed by atoms with van der Waals surface area (Å²) in [6.07, 6.45) is 7.59. The SMILES string of the molecule is C[CH]CCCCCSc1ccccc1. The maximum atomic E-state index is 2.25. The van der Waals surface area contributed by atoms with Crippen molar-refractivity contribution in [3.8, 4) is 0 Å². The minimum absolute atomic E-state index is 1.26. The van der Waals surface area contributed by atoms with Gasteiger partial charge in [-0.1, -0.05) is 44.4 Å². The summed E-state index contributed by atoms with van der Waals surface area (Å²) in [4.78, 5) is 1.40. The molecule has 0 aliphatic heterocycles. The van der Waals surface area contributed by atoms with Crippen molar-refractivity contribution in [3.05, 3.63) is 36.8 Å². The van der Waals surface area contributed by atoms with Crippen molar-refractivity contribution in [2.75, 3.05) is 5.75 Å². The molecule has 0 saturated heterocycles. The van der Waals surface area contributed by atoms with Crippen molar-refractivity contribution in [2.24, 2.45) is 0 Å². The van der Waals surface area contributed by atoms with Gasteiger partial charge in [-0.3, -0.25) is 0 Å². The summed E-state index contributed by atoms with van der Waals surface area (Å²) in [5.41, 5.74) is 0. The summed E-state index contributed by atoms with van der Waals surface area (Å²) in [6.45, 7) is 2.14. The zero-order chi connectivity index (χ0) is 10.1. The third-order valence-corrected chi connectivity index (χ3v) is 3.25. The molecule has 0 spiro atoms. The van der Waals surface area contributed by atoms with Crippen molar-refractivity contribution >= 4 is 11.8 Å². The Balaban J connectivity index is 1.99. The molecule has 0 saturated carbocycles. The Morgan fingerprint density at radius 2 is 1.86 bits per heavy atom. The van der Waals surface area contributed by atoms with Crippen LogP contribution in [0.15, 0.2) is 35.2 Å². The number of unbranched alkanes of at least 4 members (excludes halogenated alkanes) is 4. The lowest BCUT2D eigenvalue weighted by Gasteiger charge is -2.00. The molecule has 1 rings (SSSR count). The molecule has 0 aliphatic carbocycles. The Hall–Kier alpha value is -0.430. The average Bonchev–Trinajstić information content (AvgIpc) is 2.25. The van der Waals surface area contributed by atoms with Gasteiger partial charge in [-0.05, 0) is 30.7 Å². The Bertz CT molecular complexity index is 218. The average molecular weight is 207 g/mol. The second-order valence-corrected chi connectivity index (χ2v) is 4.59. The van der Waals surface area contributed by atoms with E-state index in [0.717, 1.165) is 0 Å². The van der Waals surface area contributed by atoms with Crippen LogP contribution in [0.2, 0.25) is 0 Å². The lowest BCUT2D eigenvalue weighted by atomic mass is 10.2. The van der Waals surface area contributed by atoms with Gasteiger partial charge in [-0.25, -0.2) is 0 Å². The van der Waals surface area contributed by atoms with Gasteiger partial charge in [-0.2, -0.15) is 0 Å². The van der Waals surface area contributed by atoms with Crippen LogP contribution in [0.3, 0.4) is 0 Å². The van der Waals surface area contributed by atoms with E-state index >= 15 is 0 Å². The van der Waals surface area contributed by atoms with Crippen LogP contribution < -0.4 is 0 Å². The Labute approximate surface area is 92.1 Å². The molecule has 0 heterocycles. The van der Waals surface area contributed by atoms with E-state index in [1.165, 1.54) is 36.3 Å². The maximum absolute atomic E-state index is 2.25. The summed E-state index contributed by atoms with van der Waals surface area (Å²) in [7, 11) is 0. The highest BCUT2D eigenvalue weighted by Gasteiger charge is 1.92. The maximum Gasteiger partial charge on any atom is 0.00719 e. The first-order valence-corrected chi connectivity index (χ1v) is 6.37. The van der Waals surface area contributed by atoms with Crippen molar-refractivity contribution in [3.63, 3.8) is 0 Å². The van der Waals surface area contributed by atoms with Gasteiger partial charge < -0.3 is 0 Å². The molecular weight excluding hydrogens is 188 g/mol. The van der Waals surface area contributed by atoms with E-state index in [0.29, 0.717) is 0 Å². The van der Waals surface area contributed by atoms with Gasteiger partial charge in [0.05, 0.1) is 0 Å². The third kappa shape index (κ3) is 5.33. The number of hydrogen-bond donors (Lipinski definition) is 0. The lowest BCUT2D eigenvalue weighted by Crippen LogP contribution is -1.81. The van der Waals surface area contributed by atoms with Gasteiger partial charge in [0.1, 0.15) is 0 Å². The van der Waals surface area contributed by atoms with E-state index in [4.69, 9.17) is 0 Å². The van der Waals surface area contributed by atoms with Crippen molar-refractivity contribution in [2.45, 2.75) is 37.5 Å². The number of benzene rings is 1. The monoisotopic (exact) mass is 207 g/mol. The fourth-order valence-electron chi connectivity index (χ4n) is 1.33. The molecule has 1 aromatic rings. The highest BCUT2D eigenvalue weighted by molar-refractivity contribution is 7.99. The summed E-state index contributed by atoms with van der Waals surface area (Å²) in [5.74, 6) is 1.26. The highest BCUT2D eigenvalue weighted by Crippen LogP contribution is 2.18. The van der Waals surface area contributed by atoms with Crippen molar-refractivity contribution < 1.29 is 0 Å². The molecule has 1 heteroatoms. The fraction of sp³-hybridized carbons (Fsp3) is 0.462. The van der Waals surface area contributed by atoms with Crippen molar-refractivity contribution in [1.82, 2.24) is 0 Å². The molecule has 0 fully saturated rings. The first-order chi connectivity index (χ1) is 6.93. The van der Waals surface area contributed by atoms with Gasteiger partial charge in [0, 0.05) is 4.90 Å². The smallest absolute Gasteiger partial charge is 0.00719 e. The van der Waals surface area contributed by atoms with Crippen LogP contribution in [0.25, 0.3) is 0 Å². The summed E-state index contributed by atoms with van der Waals surface area (Å²) in [6, 6.07) is 10.7. The van der Waals surface area contributed by atoms with E-state index in [-0.39, 0.29) is 0 Å². The normalized spacial score (nSPS) is 10.4. The topological polar surface area (TPSA) is 0 Å². The molecular formula is C13H19S. The van der Waals surface area contributed by atoms with Crippen LogP contribution >= 0.6 is 11.8 Å². The van der Waals surface area contributed by atoms with Crippen LogP contribution in [0.1, 0.15) is 32.6 Å². The fourth-order valence-corrected chi connectivity index (χ4v) is 2.27. The molecule has 1 radical (unpaired) electrons. The molecule has 0 atom stereocenters. The summed E-state index contributed by atoms with van der Waals surface area (Å²) in [5, 5.41) is 0. The van der Waals surface area contributed by atoms with Crippen LogP contribution in [0.5, 0.6) is 0 Å². The molecule has 14 heavy (non-hydrogen) atoms. The van der Waals surface area contributed by atoms with E-state index in [2.05, 4.69) is 43.7 Å². The second kappa shape index (κ2) is 7.93. The lowest BCUT2D eigenvalue weighted by molar-refractivity contribution is 0.715. The standard InChI is InChI=1S/C13H19S/c1-2-3-4-5-9-12-14-13-10-7-6-8-11-13/h2,6-8,10-11H,3-5,9,12H2,1H3. The number of thioether (sulfide) groups is 1. The Morgan fingerprint density at radius 3 is 2.57 bits per heavy atom. The predicted molar refractivity (Wildman–Crippen MR) is 65.6 cm³/mol. The zero-order valence-corrected chi connectivity index (χ0v) is 9.72. The minimum Gasteiger partial charge on any atom is -0.126 e. The quantitative estimate of drug-likeness (QED) is 0.466. The number of rotatable bonds is 7. The van der Waals surface area contributed by atoms with E-state index < -0.39 is 0 Å². The first-order valence-electron chi connectivity index (χ1n) is 5.39. The first kappa shape index (κ1) is 11.6. The van der Waals surface area contributed by atoms with E-state index in [1.54, 1.807) is 0 Å². The molecule has 0 aliphatic rings. The highest BCUT2D eigenvalue weighted by atomic mass is 32.2. The van der Waals surface area contributed by atoms with Crippen LogP contribution in [0, 0.1) is 6.42 Å². The molecule has 77 valence electrons. The molecule has 1 aromatic carbocycles. The van der Waals surface area contributed by atoms with E-state index in [1.807, 2.05) is 11.8 Å². The molecule has 0 amide bonds. The predicted octanol–water partition coefficient (Wildman–Crippen LogP) is 4.56. The Morgan fingerprint density at radius 1 is 1.07 bits per heavy atom. The van der Waals surface area contributed by atoms with Crippen molar-refractivity contribution in [1.29, 1.82) is 0 Å². The summed E-state index contributed by atoms with van der Waals surface area (Å²) < 4.78 is 0. The van der Waals surface area contributed by atoms with Crippen LogP contribution in [-0.2, 0) is 0 Å². The molecule has 0 bridgehead atoms. The molecule has 0 aromatic heterocycles.